The molecule has 0 radical (unpaired) electrons. The van der Waals surface area contributed by atoms with E-state index in [0.29, 0.717) is 11.8 Å². The number of piperazine rings is 1. The summed E-state index contributed by atoms with van der Waals surface area (Å²) in [5.41, 5.74) is 0.872. The number of rotatable bonds is 3. The Bertz CT molecular complexity index is 530. The third-order valence-corrected chi connectivity index (χ3v) is 4.33. The number of nitro benzene ring substituents is 1. The highest BCUT2D eigenvalue weighted by molar-refractivity contribution is 5.51. The van der Waals surface area contributed by atoms with Crippen molar-refractivity contribution in [3.8, 4) is 5.75 Å². The molecule has 19 heavy (non-hydrogen) atoms. The standard InChI is InChI=1S/C13H17N3O3/c1-15-8-13(6-10(15)7-14-13)9-3-4-12(19-2)11(5-9)16(17)18/h3-5,10,14H,6-8H2,1-2H3. The predicted octanol–water partition coefficient (Wildman–Crippen LogP) is 1.11. The molecule has 6 nitrogen and oxygen atoms in total. The molecule has 0 saturated carbocycles. The number of ether oxygens (including phenoxy) is 1. The van der Waals surface area contributed by atoms with Gasteiger partial charge in [0.2, 0.25) is 0 Å². The molecule has 2 fully saturated rings. The molecule has 0 aromatic heterocycles. The van der Waals surface area contributed by atoms with Gasteiger partial charge in [-0.15, -0.1) is 0 Å². The van der Waals surface area contributed by atoms with E-state index < -0.39 is 0 Å². The normalized spacial score (nSPS) is 29.7. The number of hydrogen-bond donors (Lipinski definition) is 1. The molecule has 1 N–H and O–H groups in total. The van der Waals surface area contributed by atoms with Crippen molar-refractivity contribution in [2.24, 2.45) is 0 Å². The van der Waals surface area contributed by atoms with E-state index >= 15 is 0 Å². The average Bonchev–Trinajstić information content (AvgIpc) is 2.96. The van der Waals surface area contributed by atoms with Gasteiger partial charge < -0.3 is 10.1 Å². The number of nitrogens with one attached hydrogen (secondary N) is 1. The third-order valence-electron chi connectivity index (χ3n) is 4.33. The van der Waals surface area contributed by atoms with E-state index in [1.165, 1.54) is 7.11 Å². The summed E-state index contributed by atoms with van der Waals surface area (Å²) in [6, 6.07) is 5.80. The lowest BCUT2D eigenvalue weighted by Crippen LogP contribution is -2.48. The van der Waals surface area contributed by atoms with Crippen molar-refractivity contribution in [2.75, 3.05) is 27.2 Å². The Balaban J connectivity index is 2.02. The van der Waals surface area contributed by atoms with Crippen molar-refractivity contribution < 1.29 is 9.66 Å². The van der Waals surface area contributed by atoms with Crippen molar-refractivity contribution in [1.29, 1.82) is 0 Å². The van der Waals surface area contributed by atoms with Crippen molar-refractivity contribution in [3.63, 3.8) is 0 Å². The van der Waals surface area contributed by atoms with E-state index in [4.69, 9.17) is 4.74 Å². The van der Waals surface area contributed by atoms with Gasteiger partial charge in [-0.3, -0.25) is 15.0 Å². The van der Waals surface area contributed by atoms with Gasteiger partial charge in [0, 0.05) is 25.2 Å². The minimum absolute atomic E-state index is 0.0363. The van der Waals surface area contributed by atoms with Gasteiger partial charge >= 0.3 is 5.69 Å². The minimum Gasteiger partial charge on any atom is -0.490 e. The van der Waals surface area contributed by atoms with E-state index in [1.807, 2.05) is 6.07 Å². The summed E-state index contributed by atoms with van der Waals surface area (Å²) in [5, 5.41) is 14.6. The second kappa shape index (κ2) is 4.18. The van der Waals surface area contributed by atoms with Crippen LogP contribution in [0.4, 0.5) is 5.69 Å². The van der Waals surface area contributed by atoms with Crippen LogP contribution in [0.25, 0.3) is 0 Å². The van der Waals surface area contributed by atoms with Crippen LogP contribution < -0.4 is 10.1 Å². The lowest BCUT2D eigenvalue weighted by Gasteiger charge is -2.32. The van der Waals surface area contributed by atoms with Gasteiger partial charge in [-0.25, -0.2) is 0 Å². The van der Waals surface area contributed by atoms with Crippen LogP contribution >= 0.6 is 0 Å². The molecule has 0 aliphatic carbocycles. The predicted molar refractivity (Wildman–Crippen MR) is 70.4 cm³/mol. The number of hydrogen-bond acceptors (Lipinski definition) is 5. The number of fused-ring (bicyclic) bond motifs is 2. The largest absolute Gasteiger partial charge is 0.490 e. The fraction of sp³-hybridized carbons (Fsp3) is 0.538. The first-order valence-electron chi connectivity index (χ1n) is 6.34. The second-order valence-corrected chi connectivity index (χ2v) is 5.38. The summed E-state index contributed by atoms with van der Waals surface area (Å²) >= 11 is 0. The third kappa shape index (κ3) is 1.79. The highest BCUT2D eigenvalue weighted by Crippen LogP contribution is 2.42. The van der Waals surface area contributed by atoms with Crippen molar-refractivity contribution in [1.82, 2.24) is 10.2 Å². The molecule has 2 heterocycles. The van der Waals surface area contributed by atoms with Crippen LogP contribution in [0.5, 0.6) is 5.75 Å². The molecule has 2 unspecified atom stereocenters. The van der Waals surface area contributed by atoms with Gasteiger partial charge in [0.25, 0.3) is 0 Å². The molecule has 2 aliphatic heterocycles. The first-order chi connectivity index (χ1) is 9.05. The van der Waals surface area contributed by atoms with E-state index in [0.717, 1.165) is 25.1 Å². The van der Waals surface area contributed by atoms with Gasteiger partial charge in [-0.1, -0.05) is 6.07 Å². The highest BCUT2D eigenvalue weighted by Gasteiger charge is 2.49. The Hall–Kier alpha value is -1.66. The molecule has 2 aliphatic rings. The molecule has 102 valence electrons. The van der Waals surface area contributed by atoms with Gasteiger partial charge in [0.05, 0.1) is 17.6 Å². The lowest BCUT2D eigenvalue weighted by molar-refractivity contribution is -0.385. The molecule has 6 heteroatoms. The maximum atomic E-state index is 11.1. The Morgan fingerprint density at radius 3 is 2.89 bits per heavy atom. The van der Waals surface area contributed by atoms with E-state index in [2.05, 4.69) is 17.3 Å². The molecule has 3 rings (SSSR count). The van der Waals surface area contributed by atoms with E-state index in [9.17, 15) is 10.1 Å². The second-order valence-electron chi connectivity index (χ2n) is 5.38. The molecule has 2 atom stereocenters. The highest BCUT2D eigenvalue weighted by atomic mass is 16.6. The van der Waals surface area contributed by atoms with Gasteiger partial charge in [0.1, 0.15) is 0 Å². The van der Waals surface area contributed by atoms with Crippen LogP contribution in [0.1, 0.15) is 12.0 Å². The summed E-state index contributed by atoms with van der Waals surface area (Å²) in [4.78, 5) is 13.0. The maximum absolute atomic E-state index is 11.1. The Morgan fingerprint density at radius 1 is 1.58 bits per heavy atom. The lowest BCUT2D eigenvalue weighted by atomic mass is 9.90. The van der Waals surface area contributed by atoms with Crippen LogP contribution in [0.2, 0.25) is 0 Å². The molecule has 0 amide bonds. The maximum Gasteiger partial charge on any atom is 0.311 e. The van der Waals surface area contributed by atoms with Crippen molar-refractivity contribution >= 4 is 5.69 Å². The summed E-state index contributed by atoms with van der Waals surface area (Å²) in [5.74, 6) is 0.311. The first kappa shape index (κ1) is 12.4. The molecular formula is C13H17N3O3. The van der Waals surface area contributed by atoms with Gasteiger partial charge in [-0.2, -0.15) is 0 Å². The van der Waals surface area contributed by atoms with Crippen LogP contribution in [-0.4, -0.2) is 43.1 Å². The molecule has 0 spiro atoms. The number of benzene rings is 1. The number of likely N-dealkylation sites (N-methyl/N-ethyl adjacent to an activating group) is 1. The first-order valence-corrected chi connectivity index (χ1v) is 6.34. The van der Waals surface area contributed by atoms with Crippen LogP contribution in [0.15, 0.2) is 18.2 Å². The van der Waals surface area contributed by atoms with Crippen molar-refractivity contribution in [3.05, 3.63) is 33.9 Å². The Labute approximate surface area is 111 Å². The van der Waals surface area contributed by atoms with Crippen LogP contribution in [-0.2, 0) is 5.54 Å². The molecule has 1 aromatic carbocycles. The zero-order chi connectivity index (χ0) is 13.6. The van der Waals surface area contributed by atoms with E-state index in [-0.39, 0.29) is 16.1 Å². The number of nitro groups is 1. The smallest absolute Gasteiger partial charge is 0.311 e. The van der Waals surface area contributed by atoms with Crippen molar-refractivity contribution in [2.45, 2.75) is 18.0 Å². The zero-order valence-electron chi connectivity index (χ0n) is 11.0. The SMILES string of the molecule is COc1ccc(C23CC(CN2)N(C)C3)cc1[N+](=O)[O-]. The molecule has 2 saturated heterocycles. The fourth-order valence-corrected chi connectivity index (χ4v) is 3.29. The quantitative estimate of drug-likeness (QED) is 0.653. The summed E-state index contributed by atoms with van der Waals surface area (Å²) < 4.78 is 5.05. The Morgan fingerprint density at radius 2 is 2.37 bits per heavy atom. The Kier molecular flexibility index (Phi) is 2.72. The fourth-order valence-electron chi connectivity index (χ4n) is 3.29. The monoisotopic (exact) mass is 263 g/mol. The van der Waals surface area contributed by atoms with Crippen LogP contribution in [0.3, 0.4) is 0 Å². The average molecular weight is 263 g/mol. The summed E-state index contributed by atoms with van der Waals surface area (Å²) in [6.07, 6.45) is 1.01. The topological polar surface area (TPSA) is 67.6 Å². The minimum atomic E-state index is -0.385. The van der Waals surface area contributed by atoms with Gasteiger partial charge in [0.15, 0.2) is 5.75 Å². The van der Waals surface area contributed by atoms with Gasteiger partial charge in [-0.05, 0) is 25.1 Å². The number of likely N-dealkylation sites (tertiary alicyclic amines) is 1. The van der Waals surface area contributed by atoms with E-state index in [1.54, 1.807) is 12.1 Å². The molecule has 2 bridgehead atoms. The molecule has 1 aromatic rings. The number of methoxy groups -OCH3 is 1. The zero-order valence-corrected chi connectivity index (χ0v) is 11.0. The molecular weight excluding hydrogens is 246 g/mol. The van der Waals surface area contributed by atoms with Crippen LogP contribution in [0, 0.1) is 10.1 Å². The summed E-state index contributed by atoms with van der Waals surface area (Å²) in [7, 11) is 3.55. The number of nitrogens with zero attached hydrogens (tertiary/aromatic N) is 2. The summed E-state index contributed by atoms with van der Waals surface area (Å²) in [6.45, 7) is 1.83.